The molecule has 2 rings (SSSR count). The Kier molecular flexibility index (Phi) is 4.13. The van der Waals surface area contributed by atoms with Gasteiger partial charge in [-0.05, 0) is 18.1 Å². The van der Waals surface area contributed by atoms with E-state index in [1.807, 2.05) is 19.1 Å². The predicted molar refractivity (Wildman–Crippen MR) is 79.1 cm³/mol. The number of nitrogens with zero attached hydrogens (tertiary/aromatic N) is 2. The minimum absolute atomic E-state index is 0.0184. The van der Waals surface area contributed by atoms with Crippen molar-refractivity contribution in [2.24, 2.45) is 0 Å². The number of nitro groups is 1. The summed E-state index contributed by atoms with van der Waals surface area (Å²) >= 11 is 0. The number of anilines is 2. The molecule has 1 amide bonds. The van der Waals surface area contributed by atoms with Gasteiger partial charge in [0.15, 0.2) is 0 Å². The molecular weight excluding hydrogens is 272 g/mol. The Morgan fingerprint density at radius 2 is 2.14 bits per heavy atom. The van der Waals surface area contributed by atoms with E-state index in [4.69, 9.17) is 5.73 Å². The minimum atomic E-state index is -0.622. The molecule has 7 nitrogen and oxygen atoms in total. The lowest BCUT2D eigenvalue weighted by atomic mass is 10.1. The Morgan fingerprint density at radius 3 is 2.81 bits per heavy atom. The second kappa shape index (κ2) is 6.00. The Bertz CT molecular complexity index is 700. The SMILES string of the molecule is CCc1ccccc1NC(=O)c1cc([N+](=O)[O-])cnc1N. The lowest BCUT2D eigenvalue weighted by Gasteiger charge is -2.10. The zero-order valence-electron chi connectivity index (χ0n) is 11.4. The van der Waals surface area contributed by atoms with E-state index in [0.29, 0.717) is 5.69 Å². The molecule has 0 spiro atoms. The summed E-state index contributed by atoms with van der Waals surface area (Å²) in [6.45, 7) is 1.97. The quantitative estimate of drug-likeness (QED) is 0.662. The van der Waals surface area contributed by atoms with E-state index in [2.05, 4.69) is 10.3 Å². The number of carbonyl (C=O) groups is 1. The van der Waals surface area contributed by atoms with Crippen molar-refractivity contribution in [3.63, 3.8) is 0 Å². The first-order valence-corrected chi connectivity index (χ1v) is 6.32. The zero-order chi connectivity index (χ0) is 15.4. The van der Waals surface area contributed by atoms with Crippen molar-refractivity contribution < 1.29 is 9.72 Å². The van der Waals surface area contributed by atoms with E-state index in [0.717, 1.165) is 24.2 Å². The topological polar surface area (TPSA) is 111 Å². The molecule has 0 atom stereocenters. The number of nitrogens with two attached hydrogens (primary N) is 1. The number of aryl methyl sites for hydroxylation is 1. The van der Waals surface area contributed by atoms with Gasteiger partial charge in [0.05, 0.1) is 10.5 Å². The van der Waals surface area contributed by atoms with Crippen LogP contribution in [0, 0.1) is 10.1 Å². The van der Waals surface area contributed by atoms with Crippen LogP contribution in [0.15, 0.2) is 36.5 Å². The van der Waals surface area contributed by atoms with Gasteiger partial charge in [0, 0.05) is 11.8 Å². The monoisotopic (exact) mass is 286 g/mol. The van der Waals surface area contributed by atoms with Gasteiger partial charge in [0.25, 0.3) is 11.6 Å². The highest BCUT2D eigenvalue weighted by Crippen LogP contribution is 2.20. The molecule has 0 unspecified atom stereocenters. The zero-order valence-corrected chi connectivity index (χ0v) is 11.4. The number of pyridine rings is 1. The Balaban J connectivity index is 2.32. The van der Waals surface area contributed by atoms with Gasteiger partial charge in [-0.1, -0.05) is 25.1 Å². The third-order valence-electron chi connectivity index (χ3n) is 3.01. The lowest BCUT2D eigenvalue weighted by Crippen LogP contribution is -2.16. The van der Waals surface area contributed by atoms with Crippen LogP contribution in [0.3, 0.4) is 0 Å². The molecule has 0 bridgehead atoms. The van der Waals surface area contributed by atoms with Gasteiger partial charge in [-0.3, -0.25) is 14.9 Å². The molecule has 0 aliphatic carbocycles. The molecule has 0 aliphatic heterocycles. The van der Waals surface area contributed by atoms with Crippen molar-refractivity contribution in [2.45, 2.75) is 13.3 Å². The van der Waals surface area contributed by atoms with Gasteiger partial charge in [-0.15, -0.1) is 0 Å². The van der Waals surface area contributed by atoms with Crippen LogP contribution in [0.4, 0.5) is 17.2 Å². The molecule has 2 aromatic rings. The van der Waals surface area contributed by atoms with E-state index in [9.17, 15) is 14.9 Å². The molecule has 0 radical (unpaired) electrons. The fraction of sp³-hybridized carbons (Fsp3) is 0.143. The number of aromatic nitrogens is 1. The van der Waals surface area contributed by atoms with Crippen LogP contribution in [-0.4, -0.2) is 15.8 Å². The maximum absolute atomic E-state index is 12.2. The van der Waals surface area contributed by atoms with Crippen molar-refractivity contribution >= 4 is 23.1 Å². The lowest BCUT2D eigenvalue weighted by molar-refractivity contribution is -0.385. The molecule has 1 aromatic carbocycles. The standard InChI is InChI=1S/C14H14N4O3/c1-2-9-5-3-4-6-12(9)17-14(19)11-7-10(18(20)21)8-16-13(11)15/h3-8H,2H2,1H3,(H2,15,16)(H,17,19). The minimum Gasteiger partial charge on any atom is -0.383 e. The number of carbonyl (C=O) groups excluding carboxylic acids is 1. The first kappa shape index (κ1) is 14.4. The smallest absolute Gasteiger partial charge is 0.288 e. The van der Waals surface area contributed by atoms with E-state index >= 15 is 0 Å². The van der Waals surface area contributed by atoms with Crippen LogP contribution in [0.5, 0.6) is 0 Å². The molecule has 1 aromatic heterocycles. The van der Waals surface area contributed by atoms with Crippen molar-refractivity contribution in [3.05, 3.63) is 57.8 Å². The van der Waals surface area contributed by atoms with Crippen LogP contribution in [0.2, 0.25) is 0 Å². The fourth-order valence-corrected chi connectivity index (χ4v) is 1.89. The van der Waals surface area contributed by atoms with Crippen molar-refractivity contribution in [1.29, 1.82) is 0 Å². The van der Waals surface area contributed by atoms with Crippen LogP contribution >= 0.6 is 0 Å². The van der Waals surface area contributed by atoms with Gasteiger partial charge in [-0.2, -0.15) is 0 Å². The van der Waals surface area contributed by atoms with Crippen LogP contribution in [-0.2, 0) is 6.42 Å². The Morgan fingerprint density at radius 1 is 1.43 bits per heavy atom. The third-order valence-corrected chi connectivity index (χ3v) is 3.01. The number of nitrogens with one attached hydrogen (secondary N) is 1. The van der Waals surface area contributed by atoms with Crippen molar-refractivity contribution in [3.8, 4) is 0 Å². The second-order valence-electron chi connectivity index (χ2n) is 4.35. The van der Waals surface area contributed by atoms with Gasteiger partial charge >= 0.3 is 0 Å². The van der Waals surface area contributed by atoms with Gasteiger partial charge < -0.3 is 11.1 Å². The number of amides is 1. The summed E-state index contributed by atoms with van der Waals surface area (Å²) in [5, 5.41) is 13.4. The summed E-state index contributed by atoms with van der Waals surface area (Å²) in [5.41, 5.74) is 6.93. The van der Waals surface area contributed by atoms with Gasteiger partial charge in [0.1, 0.15) is 12.0 Å². The highest BCUT2D eigenvalue weighted by molar-refractivity contribution is 6.07. The molecule has 21 heavy (non-hydrogen) atoms. The highest BCUT2D eigenvalue weighted by atomic mass is 16.6. The molecule has 1 heterocycles. The van der Waals surface area contributed by atoms with E-state index in [-0.39, 0.29) is 17.1 Å². The summed E-state index contributed by atoms with van der Waals surface area (Å²) in [5.74, 6) is -0.573. The summed E-state index contributed by atoms with van der Waals surface area (Å²) in [6, 6.07) is 8.44. The third kappa shape index (κ3) is 3.14. The normalized spacial score (nSPS) is 10.1. The summed E-state index contributed by atoms with van der Waals surface area (Å²) in [4.78, 5) is 26.0. The number of rotatable bonds is 4. The number of hydrogen-bond donors (Lipinski definition) is 2. The Labute approximate surface area is 121 Å². The van der Waals surface area contributed by atoms with Gasteiger partial charge in [0.2, 0.25) is 0 Å². The molecular formula is C14H14N4O3. The predicted octanol–water partition coefficient (Wildman–Crippen LogP) is 2.39. The fourth-order valence-electron chi connectivity index (χ4n) is 1.89. The summed E-state index contributed by atoms with van der Waals surface area (Å²) in [7, 11) is 0. The van der Waals surface area contributed by atoms with Gasteiger partial charge in [-0.25, -0.2) is 4.98 Å². The second-order valence-corrected chi connectivity index (χ2v) is 4.35. The van der Waals surface area contributed by atoms with Crippen LogP contribution in [0.25, 0.3) is 0 Å². The molecule has 0 aliphatic rings. The average molecular weight is 286 g/mol. The largest absolute Gasteiger partial charge is 0.383 e. The average Bonchev–Trinajstić information content (AvgIpc) is 2.47. The number of benzene rings is 1. The molecule has 0 saturated carbocycles. The molecule has 0 saturated heterocycles. The number of para-hydroxylation sites is 1. The maximum Gasteiger partial charge on any atom is 0.288 e. The first-order chi connectivity index (χ1) is 10.0. The van der Waals surface area contributed by atoms with E-state index < -0.39 is 10.8 Å². The van der Waals surface area contributed by atoms with Crippen molar-refractivity contribution in [1.82, 2.24) is 4.98 Å². The van der Waals surface area contributed by atoms with Crippen molar-refractivity contribution in [2.75, 3.05) is 11.1 Å². The molecule has 3 N–H and O–H groups in total. The van der Waals surface area contributed by atoms with E-state index in [1.165, 1.54) is 0 Å². The molecule has 0 fully saturated rings. The highest BCUT2D eigenvalue weighted by Gasteiger charge is 2.17. The van der Waals surface area contributed by atoms with E-state index in [1.54, 1.807) is 12.1 Å². The van der Waals surface area contributed by atoms with Crippen LogP contribution in [0.1, 0.15) is 22.8 Å². The maximum atomic E-state index is 12.2. The number of hydrogen-bond acceptors (Lipinski definition) is 5. The van der Waals surface area contributed by atoms with Crippen LogP contribution < -0.4 is 11.1 Å². The molecule has 7 heteroatoms. The summed E-state index contributed by atoms with van der Waals surface area (Å²) < 4.78 is 0. The summed E-state index contributed by atoms with van der Waals surface area (Å²) in [6.07, 6.45) is 1.77. The first-order valence-electron chi connectivity index (χ1n) is 6.32. The molecule has 108 valence electrons. The Hall–Kier alpha value is -2.96. The number of nitrogen functional groups attached to an aromatic ring is 1.